The summed E-state index contributed by atoms with van der Waals surface area (Å²) < 4.78 is 0. The Morgan fingerprint density at radius 2 is 1.53 bits per heavy atom. The average Bonchev–Trinajstić information content (AvgIpc) is 2.19. The maximum atomic E-state index is 3.54. The monoisotopic (exact) mass is 243 g/mol. The largest absolute Gasteiger partial charge is 0.312 e. The minimum atomic E-state index is 0.252. The van der Waals surface area contributed by atoms with Crippen LogP contribution in [0, 0.1) is 0 Å². The molecule has 0 heterocycles. The third-order valence-electron chi connectivity index (χ3n) is 2.83. The first-order valence-corrected chi connectivity index (χ1v) is 6.97. The Kier molecular flexibility index (Phi) is 8.83. The summed E-state index contributed by atoms with van der Waals surface area (Å²) in [7, 11) is 4.28. The molecule has 0 amide bonds. The first-order chi connectivity index (χ1) is 7.85. The van der Waals surface area contributed by atoms with Gasteiger partial charge in [-0.05, 0) is 80.4 Å². The van der Waals surface area contributed by atoms with Crippen molar-refractivity contribution in [3.8, 4) is 0 Å². The second-order valence-corrected chi connectivity index (χ2v) is 6.12. The molecule has 3 nitrogen and oxygen atoms in total. The van der Waals surface area contributed by atoms with Crippen LogP contribution in [0.3, 0.4) is 0 Å². The van der Waals surface area contributed by atoms with Crippen molar-refractivity contribution >= 4 is 0 Å². The molecule has 0 aromatic carbocycles. The van der Waals surface area contributed by atoms with Gasteiger partial charge in [-0.15, -0.1) is 0 Å². The van der Waals surface area contributed by atoms with Crippen LogP contribution in [0.5, 0.6) is 0 Å². The van der Waals surface area contributed by atoms with E-state index in [1.54, 1.807) is 0 Å². The van der Waals surface area contributed by atoms with Crippen LogP contribution in [0.25, 0.3) is 0 Å². The molecule has 0 atom stereocenters. The average molecular weight is 243 g/mol. The summed E-state index contributed by atoms with van der Waals surface area (Å²) in [6.07, 6.45) is 2.51. The second kappa shape index (κ2) is 8.90. The quantitative estimate of drug-likeness (QED) is 0.625. The topological polar surface area (TPSA) is 18.5 Å². The summed E-state index contributed by atoms with van der Waals surface area (Å²) in [5, 5.41) is 3.54. The fourth-order valence-corrected chi connectivity index (χ4v) is 1.80. The van der Waals surface area contributed by atoms with E-state index < -0.39 is 0 Å². The van der Waals surface area contributed by atoms with Crippen LogP contribution < -0.4 is 5.32 Å². The molecule has 17 heavy (non-hydrogen) atoms. The maximum absolute atomic E-state index is 3.54. The molecule has 0 aliphatic carbocycles. The SMILES string of the molecule is CCN(CCCNC(C)(C)C)CCCN(C)C. The molecule has 3 heteroatoms. The molecule has 0 radical (unpaired) electrons. The zero-order valence-corrected chi connectivity index (χ0v) is 12.8. The van der Waals surface area contributed by atoms with Crippen molar-refractivity contribution in [2.75, 3.05) is 46.8 Å². The third kappa shape index (κ3) is 12.1. The molecule has 0 unspecified atom stereocenters. The minimum absolute atomic E-state index is 0.252. The molecule has 104 valence electrons. The molecule has 0 bridgehead atoms. The number of rotatable bonds is 9. The van der Waals surface area contributed by atoms with E-state index in [-0.39, 0.29) is 5.54 Å². The molecule has 1 N–H and O–H groups in total. The first-order valence-electron chi connectivity index (χ1n) is 6.97. The lowest BCUT2D eigenvalue weighted by atomic mass is 10.1. The van der Waals surface area contributed by atoms with Crippen molar-refractivity contribution in [2.24, 2.45) is 0 Å². The van der Waals surface area contributed by atoms with Crippen LogP contribution >= 0.6 is 0 Å². The molecule has 0 fully saturated rings. The van der Waals surface area contributed by atoms with Crippen LogP contribution in [0.1, 0.15) is 40.5 Å². The maximum Gasteiger partial charge on any atom is 0.00965 e. The predicted molar refractivity (Wildman–Crippen MR) is 77.7 cm³/mol. The number of hydrogen-bond acceptors (Lipinski definition) is 3. The molecule has 0 aliphatic rings. The molecule has 0 saturated heterocycles. The van der Waals surface area contributed by atoms with E-state index in [9.17, 15) is 0 Å². The fourth-order valence-electron chi connectivity index (χ4n) is 1.80. The highest BCUT2D eigenvalue weighted by Crippen LogP contribution is 1.99. The minimum Gasteiger partial charge on any atom is -0.312 e. The van der Waals surface area contributed by atoms with Crippen molar-refractivity contribution in [1.29, 1.82) is 0 Å². The van der Waals surface area contributed by atoms with E-state index in [1.807, 2.05) is 0 Å². The molecule has 0 saturated carbocycles. The number of hydrogen-bond donors (Lipinski definition) is 1. The van der Waals surface area contributed by atoms with Gasteiger partial charge in [-0.3, -0.25) is 0 Å². The first kappa shape index (κ1) is 16.9. The van der Waals surface area contributed by atoms with E-state index in [0.717, 1.165) is 6.54 Å². The van der Waals surface area contributed by atoms with E-state index in [1.165, 1.54) is 39.0 Å². The van der Waals surface area contributed by atoms with Crippen LogP contribution in [-0.4, -0.2) is 62.2 Å². The highest BCUT2D eigenvalue weighted by atomic mass is 15.1. The van der Waals surface area contributed by atoms with Crippen molar-refractivity contribution < 1.29 is 0 Å². The van der Waals surface area contributed by atoms with Gasteiger partial charge >= 0.3 is 0 Å². The van der Waals surface area contributed by atoms with Gasteiger partial charge in [0.2, 0.25) is 0 Å². The summed E-state index contributed by atoms with van der Waals surface area (Å²) in [5.74, 6) is 0. The summed E-state index contributed by atoms with van der Waals surface area (Å²) >= 11 is 0. The second-order valence-electron chi connectivity index (χ2n) is 6.12. The van der Waals surface area contributed by atoms with Gasteiger partial charge < -0.3 is 15.1 Å². The molecule has 0 aromatic rings. The van der Waals surface area contributed by atoms with Crippen LogP contribution in [0.4, 0.5) is 0 Å². The lowest BCUT2D eigenvalue weighted by molar-refractivity contribution is 0.259. The fraction of sp³-hybridized carbons (Fsp3) is 1.00. The Hall–Kier alpha value is -0.120. The predicted octanol–water partition coefficient (Wildman–Crippen LogP) is 2.04. The van der Waals surface area contributed by atoms with Crippen LogP contribution in [0.2, 0.25) is 0 Å². The third-order valence-corrected chi connectivity index (χ3v) is 2.83. The summed E-state index contributed by atoms with van der Waals surface area (Å²) in [4.78, 5) is 4.81. The van der Waals surface area contributed by atoms with Gasteiger partial charge in [0.15, 0.2) is 0 Å². The van der Waals surface area contributed by atoms with Crippen molar-refractivity contribution in [3.05, 3.63) is 0 Å². The Labute approximate surface area is 109 Å². The van der Waals surface area contributed by atoms with E-state index in [4.69, 9.17) is 0 Å². The summed E-state index contributed by atoms with van der Waals surface area (Å²) in [6.45, 7) is 14.8. The lowest BCUT2D eigenvalue weighted by Gasteiger charge is -2.24. The molecule has 0 aromatic heterocycles. The van der Waals surface area contributed by atoms with Gasteiger partial charge in [0.25, 0.3) is 0 Å². The van der Waals surface area contributed by atoms with Gasteiger partial charge in [0.05, 0.1) is 0 Å². The Morgan fingerprint density at radius 1 is 0.941 bits per heavy atom. The molecular formula is C14H33N3. The molecule has 0 rings (SSSR count). The van der Waals surface area contributed by atoms with Gasteiger partial charge in [0.1, 0.15) is 0 Å². The number of nitrogens with zero attached hydrogens (tertiary/aromatic N) is 2. The smallest absolute Gasteiger partial charge is 0.00965 e. The Bertz CT molecular complexity index is 173. The number of nitrogens with one attached hydrogen (secondary N) is 1. The van der Waals surface area contributed by atoms with E-state index >= 15 is 0 Å². The van der Waals surface area contributed by atoms with Gasteiger partial charge in [-0.1, -0.05) is 6.92 Å². The summed E-state index contributed by atoms with van der Waals surface area (Å²) in [5.41, 5.74) is 0.252. The van der Waals surface area contributed by atoms with Crippen molar-refractivity contribution in [3.63, 3.8) is 0 Å². The van der Waals surface area contributed by atoms with Crippen LogP contribution in [-0.2, 0) is 0 Å². The zero-order valence-electron chi connectivity index (χ0n) is 12.8. The summed E-state index contributed by atoms with van der Waals surface area (Å²) in [6, 6.07) is 0. The zero-order chi connectivity index (χ0) is 13.3. The Morgan fingerprint density at radius 3 is 2.00 bits per heavy atom. The Balaban J connectivity index is 3.54. The van der Waals surface area contributed by atoms with Gasteiger partial charge in [-0.25, -0.2) is 0 Å². The highest BCUT2D eigenvalue weighted by molar-refractivity contribution is 4.70. The molecule has 0 aliphatic heterocycles. The normalized spacial score (nSPS) is 12.7. The highest BCUT2D eigenvalue weighted by Gasteiger charge is 2.08. The van der Waals surface area contributed by atoms with Crippen LogP contribution in [0.15, 0.2) is 0 Å². The molecule has 0 spiro atoms. The van der Waals surface area contributed by atoms with E-state index in [0.29, 0.717) is 0 Å². The van der Waals surface area contributed by atoms with Crippen molar-refractivity contribution in [2.45, 2.75) is 46.1 Å². The standard InChI is InChI=1S/C14H33N3/c1-7-17(13-9-11-16(5)6)12-8-10-15-14(2,3)4/h15H,7-13H2,1-6H3. The van der Waals surface area contributed by atoms with Gasteiger partial charge in [0, 0.05) is 5.54 Å². The molecular weight excluding hydrogens is 210 g/mol. The van der Waals surface area contributed by atoms with Gasteiger partial charge in [-0.2, -0.15) is 0 Å². The van der Waals surface area contributed by atoms with Crippen molar-refractivity contribution in [1.82, 2.24) is 15.1 Å². The lowest BCUT2D eigenvalue weighted by Crippen LogP contribution is -2.38. The van der Waals surface area contributed by atoms with E-state index in [2.05, 4.69) is 56.9 Å².